The van der Waals surface area contributed by atoms with Crippen LogP contribution < -0.4 is 5.32 Å². The molecule has 2 N–H and O–H groups in total. The van der Waals surface area contributed by atoms with Crippen molar-refractivity contribution in [3.8, 4) is 0 Å². The standard InChI is InChI=1S/C16H26N2O5/c1-3-23-13(19)7-6-11(2)17-15(22)18-9-12-5-4-8-16(12,10-18)14(20)21/h11-12H,3-10H2,1-2H3,(H,17,22)(H,20,21)/t11?,12-,16+/m0/s1. The number of carboxylic acid groups (broad SMARTS) is 1. The Bertz CT molecular complexity index is 481. The number of rotatable bonds is 6. The number of carboxylic acids is 1. The van der Waals surface area contributed by atoms with Crippen molar-refractivity contribution in [2.24, 2.45) is 11.3 Å². The first-order valence-corrected chi connectivity index (χ1v) is 8.33. The molecule has 1 saturated carbocycles. The maximum atomic E-state index is 12.3. The van der Waals surface area contributed by atoms with Crippen molar-refractivity contribution in [2.45, 2.75) is 52.0 Å². The van der Waals surface area contributed by atoms with E-state index in [4.69, 9.17) is 4.74 Å². The quantitative estimate of drug-likeness (QED) is 0.723. The van der Waals surface area contributed by atoms with Crippen molar-refractivity contribution in [3.05, 3.63) is 0 Å². The Morgan fingerprint density at radius 3 is 2.78 bits per heavy atom. The van der Waals surface area contributed by atoms with E-state index in [1.807, 2.05) is 6.92 Å². The highest BCUT2D eigenvalue weighted by molar-refractivity contribution is 5.80. The average Bonchev–Trinajstić information content (AvgIpc) is 3.03. The lowest BCUT2D eigenvalue weighted by molar-refractivity contribution is -0.149. The molecule has 0 spiro atoms. The molecule has 0 bridgehead atoms. The minimum absolute atomic E-state index is 0.0561. The zero-order valence-electron chi connectivity index (χ0n) is 13.8. The fourth-order valence-electron chi connectivity index (χ4n) is 3.74. The number of amides is 2. The van der Waals surface area contributed by atoms with Crippen LogP contribution in [0.25, 0.3) is 0 Å². The second kappa shape index (κ2) is 7.19. The minimum atomic E-state index is -0.786. The summed E-state index contributed by atoms with van der Waals surface area (Å²) in [7, 11) is 0. The van der Waals surface area contributed by atoms with Gasteiger partial charge in [0, 0.05) is 25.6 Å². The minimum Gasteiger partial charge on any atom is -0.481 e. The van der Waals surface area contributed by atoms with Crippen LogP contribution >= 0.6 is 0 Å². The molecule has 0 radical (unpaired) electrons. The zero-order valence-corrected chi connectivity index (χ0v) is 13.8. The topological polar surface area (TPSA) is 95.9 Å². The van der Waals surface area contributed by atoms with Crippen molar-refractivity contribution in [2.75, 3.05) is 19.7 Å². The SMILES string of the molecule is CCOC(=O)CCC(C)NC(=O)N1C[C@@H]2CCC[C@@]2(C(=O)O)C1. The number of esters is 1. The van der Waals surface area contributed by atoms with E-state index in [9.17, 15) is 19.5 Å². The molecule has 0 aromatic carbocycles. The van der Waals surface area contributed by atoms with Crippen molar-refractivity contribution in [3.63, 3.8) is 0 Å². The molecule has 2 fully saturated rings. The van der Waals surface area contributed by atoms with Gasteiger partial charge in [-0.15, -0.1) is 0 Å². The highest BCUT2D eigenvalue weighted by atomic mass is 16.5. The number of likely N-dealkylation sites (tertiary alicyclic amines) is 1. The summed E-state index contributed by atoms with van der Waals surface area (Å²) in [6.45, 7) is 4.73. The van der Waals surface area contributed by atoms with Gasteiger partial charge in [-0.3, -0.25) is 9.59 Å². The van der Waals surface area contributed by atoms with Gasteiger partial charge in [-0.1, -0.05) is 6.42 Å². The summed E-state index contributed by atoms with van der Waals surface area (Å²) in [4.78, 5) is 36.9. The molecule has 7 heteroatoms. The lowest BCUT2D eigenvalue weighted by Gasteiger charge is -2.24. The second-order valence-corrected chi connectivity index (χ2v) is 6.63. The van der Waals surface area contributed by atoms with E-state index in [-0.39, 0.29) is 36.9 Å². The maximum absolute atomic E-state index is 12.3. The fraction of sp³-hybridized carbons (Fsp3) is 0.812. The van der Waals surface area contributed by atoms with Crippen LogP contribution in [-0.2, 0) is 14.3 Å². The first kappa shape index (κ1) is 17.6. The number of carbonyl (C=O) groups is 3. The molecule has 0 aromatic rings. The number of urea groups is 1. The smallest absolute Gasteiger partial charge is 0.317 e. The Hall–Kier alpha value is -1.79. The monoisotopic (exact) mass is 326 g/mol. The molecule has 2 amide bonds. The first-order valence-electron chi connectivity index (χ1n) is 8.33. The number of carbonyl (C=O) groups excluding carboxylic acids is 2. The van der Waals surface area contributed by atoms with Crippen molar-refractivity contribution < 1.29 is 24.2 Å². The van der Waals surface area contributed by atoms with Crippen LogP contribution in [0.5, 0.6) is 0 Å². The molecule has 1 aliphatic heterocycles. The summed E-state index contributed by atoms with van der Waals surface area (Å²) in [5.41, 5.74) is -0.758. The third-order valence-corrected chi connectivity index (χ3v) is 5.04. The Labute approximate surface area is 136 Å². The zero-order chi connectivity index (χ0) is 17.0. The molecule has 3 atom stereocenters. The molecule has 0 aromatic heterocycles. The lowest BCUT2D eigenvalue weighted by Crippen LogP contribution is -2.44. The van der Waals surface area contributed by atoms with Crippen LogP contribution in [0.4, 0.5) is 4.79 Å². The third-order valence-electron chi connectivity index (χ3n) is 5.04. The van der Waals surface area contributed by atoms with Crippen LogP contribution in [0.2, 0.25) is 0 Å². The molecule has 1 aliphatic carbocycles. The molecule has 1 heterocycles. The fourth-order valence-corrected chi connectivity index (χ4v) is 3.74. The number of ether oxygens (including phenoxy) is 1. The van der Waals surface area contributed by atoms with Crippen LogP contribution in [0.1, 0.15) is 46.0 Å². The van der Waals surface area contributed by atoms with Gasteiger partial charge < -0.3 is 20.1 Å². The third kappa shape index (κ3) is 3.76. The van der Waals surface area contributed by atoms with Gasteiger partial charge in [0.2, 0.25) is 0 Å². The number of aliphatic carboxylic acids is 1. The van der Waals surface area contributed by atoms with E-state index in [1.54, 1.807) is 11.8 Å². The summed E-state index contributed by atoms with van der Waals surface area (Å²) >= 11 is 0. The van der Waals surface area contributed by atoms with E-state index in [0.717, 1.165) is 12.8 Å². The van der Waals surface area contributed by atoms with E-state index in [2.05, 4.69) is 5.32 Å². The average molecular weight is 326 g/mol. The van der Waals surface area contributed by atoms with Gasteiger partial charge in [0.05, 0.1) is 12.0 Å². The van der Waals surface area contributed by atoms with Gasteiger partial charge in [0.15, 0.2) is 0 Å². The molecule has 2 aliphatic rings. The van der Waals surface area contributed by atoms with Gasteiger partial charge in [0.25, 0.3) is 0 Å². The number of nitrogens with one attached hydrogen (secondary N) is 1. The summed E-state index contributed by atoms with van der Waals surface area (Å²) in [6, 6.07) is -0.399. The summed E-state index contributed by atoms with van der Waals surface area (Å²) in [5.74, 6) is -1.000. The Morgan fingerprint density at radius 1 is 1.43 bits per heavy atom. The summed E-state index contributed by atoms with van der Waals surface area (Å²) in [6.07, 6.45) is 3.20. The van der Waals surface area contributed by atoms with Gasteiger partial charge in [-0.25, -0.2) is 4.79 Å². The van der Waals surface area contributed by atoms with Crippen molar-refractivity contribution in [1.29, 1.82) is 0 Å². The Balaban J connectivity index is 1.83. The van der Waals surface area contributed by atoms with Gasteiger partial charge in [0.1, 0.15) is 0 Å². The number of hydrogen-bond donors (Lipinski definition) is 2. The highest BCUT2D eigenvalue weighted by Crippen LogP contribution is 2.48. The molecule has 2 rings (SSSR count). The summed E-state index contributed by atoms with van der Waals surface area (Å²) in [5, 5.41) is 12.4. The summed E-state index contributed by atoms with van der Waals surface area (Å²) < 4.78 is 4.86. The van der Waals surface area contributed by atoms with E-state index in [0.29, 0.717) is 26.0 Å². The van der Waals surface area contributed by atoms with Crippen LogP contribution in [0.3, 0.4) is 0 Å². The highest BCUT2D eigenvalue weighted by Gasteiger charge is 2.55. The predicted molar refractivity (Wildman–Crippen MR) is 82.8 cm³/mol. The van der Waals surface area contributed by atoms with Crippen molar-refractivity contribution >= 4 is 18.0 Å². The second-order valence-electron chi connectivity index (χ2n) is 6.63. The molecule has 23 heavy (non-hydrogen) atoms. The number of nitrogens with zero attached hydrogens (tertiary/aromatic N) is 1. The molecular weight excluding hydrogens is 300 g/mol. The van der Waals surface area contributed by atoms with Crippen LogP contribution in [-0.4, -0.2) is 53.7 Å². The first-order chi connectivity index (χ1) is 10.9. The van der Waals surface area contributed by atoms with Crippen LogP contribution in [0, 0.1) is 11.3 Å². The normalized spacial score (nSPS) is 27.4. The Kier molecular flexibility index (Phi) is 5.49. The largest absolute Gasteiger partial charge is 0.481 e. The molecule has 1 saturated heterocycles. The van der Waals surface area contributed by atoms with E-state index >= 15 is 0 Å². The molecular formula is C16H26N2O5. The van der Waals surface area contributed by atoms with Gasteiger partial charge >= 0.3 is 18.0 Å². The Morgan fingerprint density at radius 2 is 2.17 bits per heavy atom. The van der Waals surface area contributed by atoms with Crippen molar-refractivity contribution in [1.82, 2.24) is 10.2 Å². The number of fused-ring (bicyclic) bond motifs is 1. The van der Waals surface area contributed by atoms with Gasteiger partial charge in [-0.2, -0.15) is 0 Å². The van der Waals surface area contributed by atoms with Crippen LogP contribution in [0.15, 0.2) is 0 Å². The lowest BCUT2D eigenvalue weighted by atomic mass is 9.81. The molecule has 1 unspecified atom stereocenters. The van der Waals surface area contributed by atoms with Gasteiger partial charge in [-0.05, 0) is 39.0 Å². The van der Waals surface area contributed by atoms with E-state index < -0.39 is 11.4 Å². The predicted octanol–water partition coefficient (Wildman–Crippen LogP) is 1.61. The molecule has 130 valence electrons. The number of hydrogen-bond acceptors (Lipinski definition) is 4. The molecule has 7 nitrogen and oxygen atoms in total. The van der Waals surface area contributed by atoms with E-state index in [1.165, 1.54) is 0 Å². The maximum Gasteiger partial charge on any atom is 0.317 e.